The third kappa shape index (κ3) is 4.47. The first-order valence-corrected chi connectivity index (χ1v) is 11.8. The Labute approximate surface area is 176 Å². The maximum atomic E-state index is 12.8. The van der Waals surface area contributed by atoms with E-state index in [1.165, 1.54) is 31.9 Å². The molecule has 1 heterocycles. The lowest BCUT2D eigenvalue weighted by Crippen LogP contribution is -2.30. The average molecular weight is 432 g/mol. The van der Waals surface area contributed by atoms with Gasteiger partial charge < -0.3 is 5.84 Å². The number of nitrogens with two attached hydrogens (primary N) is 1. The summed E-state index contributed by atoms with van der Waals surface area (Å²) in [6.07, 6.45) is 0. The first kappa shape index (κ1) is 21.4. The lowest BCUT2D eigenvalue weighted by Gasteiger charge is -2.18. The minimum absolute atomic E-state index is 0.218. The summed E-state index contributed by atoms with van der Waals surface area (Å²) < 4.78 is 28.4. The first-order valence-electron chi connectivity index (χ1n) is 9.36. The molecule has 2 aromatic carbocycles. The molecule has 29 heavy (non-hydrogen) atoms. The topological polar surface area (TPSA) is 94.1 Å². The zero-order chi connectivity index (χ0) is 21.0. The van der Waals surface area contributed by atoms with E-state index in [-0.39, 0.29) is 4.90 Å². The number of aryl methyl sites for hydroxylation is 1. The number of hydrogen-bond acceptors (Lipinski definition) is 6. The molecule has 0 spiro atoms. The number of aromatic nitrogens is 3. The summed E-state index contributed by atoms with van der Waals surface area (Å²) in [5, 5.41) is 8.94. The SMILES string of the molecule is CCN(CC)S(=O)(=O)c1cccc(-c2nnc(SCc3ccccc3C)n2N)c1. The van der Waals surface area contributed by atoms with Gasteiger partial charge in [0.1, 0.15) is 0 Å². The number of nitrogen functional groups attached to an aromatic ring is 1. The molecule has 7 nitrogen and oxygen atoms in total. The van der Waals surface area contributed by atoms with Crippen LogP contribution < -0.4 is 5.84 Å². The van der Waals surface area contributed by atoms with Gasteiger partial charge in [0.05, 0.1) is 4.90 Å². The van der Waals surface area contributed by atoms with E-state index in [1.54, 1.807) is 24.3 Å². The Morgan fingerprint density at radius 3 is 2.48 bits per heavy atom. The summed E-state index contributed by atoms with van der Waals surface area (Å²) in [6.45, 7) is 6.53. The van der Waals surface area contributed by atoms with Crippen molar-refractivity contribution in [1.29, 1.82) is 0 Å². The van der Waals surface area contributed by atoms with Crippen LogP contribution in [0.25, 0.3) is 11.4 Å². The lowest BCUT2D eigenvalue weighted by molar-refractivity contribution is 0.445. The van der Waals surface area contributed by atoms with Crippen molar-refractivity contribution in [2.24, 2.45) is 0 Å². The van der Waals surface area contributed by atoms with Crippen LogP contribution in [0.4, 0.5) is 0 Å². The van der Waals surface area contributed by atoms with Gasteiger partial charge in [-0.25, -0.2) is 13.1 Å². The van der Waals surface area contributed by atoms with Gasteiger partial charge in [-0.3, -0.25) is 0 Å². The summed E-state index contributed by atoms with van der Waals surface area (Å²) >= 11 is 1.49. The van der Waals surface area contributed by atoms with Crippen molar-refractivity contribution in [3.05, 3.63) is 59.7 Å². The fourth-order valence-corrected chi connectivity index (χ4v) is 5.43. The summed E-state index contributed by atoms with van der Waals surface area (Å²) in [6, 6.07) is 14.8. The largest absolute Gasteiger partial charge is 0.335 e. The molecule has 0 fully saturated rings. The molecule has 0 saturated carbocycles. The minimum atomic E-state index is -3.56. The second-order valence-corrected chi connectivity index (χ2v) is 9.39. The molecule has 3 rings (SSSR count). The zero-order valence-electron chi connectivity index (χ0n) is 16.7. The molecule has 0 bridgehead atoms. The predicted octanol–water partition coefficient (Wildman–Crippen LogP) is 3.29. The van der Waals surface area contributed by atoms with Gasteiger partial charge in [0.2, 0.25) is 15.2 Å². The number of thioether (sulfide) groups is 1. The Morgan fingerprint density at radius 2 is 1.79 bits per heavy atom. The van der Waals surface area contributed by atoms with E-state index in [2.05, 4.69) is 29.3 Å². The summed E-state index contributed by atoms with van der Waals surface area (Å²) in [7, 11) is -3.56. The van der Waals surface area contributed by atoms with E-state index >= 15 is 0 Å². The van der Waals surface area contributed by atoms with Gasteiger partial charge in [-0.05, 0) is 30.2 Å². The number of nitrogens with zero attached hydrogens (tertiary/aromatic N) is 4. The van der Waals surface area contributed by atoms with Gasteiger partial charge in [-0.1, -0.05) is 62.0 Å². The van der Waals surface area contributed by atoms with Gasteiger partial charge in [0.15, 0.2) is 5.82 Å². The van der Waals surface area contributed by atoms with E-state index in [9.17, 15) is 8.42 Å². The fraction of sp³-hybridized carbons (Fsp3) is 0.300. The van der Waals surface area contributed by atoms with Gasteiger partial charge in [-0.15, -0.1) is 10.2 Å². The quantitative estimate of drug-likeness (QED) is 0.434. The Hall–Kier alpha value is -2.36. The Morgan fingerprint density at radius 1 is 1.07 bits per heavy atom. The van der Waals surface area contributed by atoms with E-state index in [1.807, 2.05) is 26.0 Å². The highest BCUT2D eigenvalue weighted by atomic mass is 32.2. The number of sulfonamides is 1. The van der Waals surface area contributed by atoms with Crippen molar-refractivity contribution >= 4 is 21.8 Å². The zero-order valence-corrected chi connectivity index (χ0v) is 18.4. The highest BCUT2D eigenvalue weighted by molar-refractivity contribution is 7.98. The first-order chi connectivity index (χ1) is 13.9. The van der Waals surface area contributed by atoms with Crippen LogP contribution in [0.3, 0.4) is 0 Å². The predicted molar refractivity (Wildman–Crippen MR) is 116 cm³/mol. The van der Waals surface area contributed by atoms with Crippen LogP contribution in [0.1, 0.15) is 25.0 Å². The molecule has 0 aliphatic carbocycles. The van der Waals surface area contributed by atoms with Crippen molar-refractivity contribution in [2.45, 2.75) is 36.6 Å². The summed E-state index contributed by atoms with van der Waals surface area (Å²) in [5.41, 5.74) is 3.02. The molecule has 9 heteroatoms. The van der Waals surface area contributed by atoms with Crippen molar-refractivity contribution in [1.82, 2.24) is 19.2 Å². The Kier molecular flexibility index (Phi) is 6.61. The molecular weight excluding hydrogens is 406 g/mol. The second-order valence-electron chi connectivity index (χ2n) is 6.51. The van der Waals surface area contributed by atoms with Crippen molar-refractivity contribution in [3.63, 3.8) is 0 Å². The van der Waals surface area contributed by atoms with Crippen LogP contribution in [-0.2, 0) is 15.8 Å². The highest BCUT2D eigenvalue weighted by Crippen LogP contribution is 2.27. The van der Waals surface area contributed by atoms with Crippen LogP contribution >= 0.6 is 11.8 Å². The van der Waals surface area contributed by atoms with Crippen LogP contribution in [0.5, 0.6) is 0 Å². The molecule has 0 aliphatic rings. The molecule has 154 valence electrons. The van der Waals surface area contributed by atoms with Crippen LogP contribution in [-0.4, -0.2) is 40.7 Å². The summed E-state index contributed by atoms with van der Waals surface area (Å²) in [5.74, 6) is 7.37. The number of benzene rings is 2. The third-order valence-electron chi connectivity index (χ3n) is 4.72. The smallest absolute Gasteiger partial charge is 0.243 e. The average Bonchev–Trinajstić information content (AvgIpc) is 3.08. The van der Waals surface area contributed by atoms with Crippen LogP contribution in [0.15, 0.2) is 58.6 Å². The molecular formula is C20H25N5O2S2. The number of hydrogen-bond donors (Lipinski definition) is 1. The molecule has 0 amide bonds. The third-order valence-corrected chi connectivity index (χ3v) is 7.76. The van der Waals surface area contributed by atoms with E-state index in [4.69, 9.17) is 5.84 Å². The lowest BCUT2D eigenvalue weighted by atomic mass is 10.1. The molecule has 2 N–H and O–H groups in total. The van der Waals surface area contributed by atoms with E-state index in [0.29, 0.717) is 29.6 Å². The van der Waals surface area contributed by atoms with Crippen LogP contribution in [0.2, 0.25) is 0 Å². The molecule has 0 radical (unpaired) electrons. The molecule has 0 unspecified atom stereocenters. The highest BCUT2D eigenvalue weighted by Gasteiger charge is 2.23. The maximum Gasteiger partial charge on any atom is 0.243 e. The molecule has 0 aliphatic heterocycles. The van der Waals surface area contributed by atoms with E-state index in [0.717, 1.165) is 5.75 Å². The van der Waals surface area contributed by atoms with Gasteiger partial charge in [-0.2, -0.15) is 4.31 Å². The van der Waals surface area contributed by atoms with Crippen LogP contribution in [0, 0.1) is 6.92 Å². The summed E-state index contributed by atoms with van der Waals surface area (Å²) in [4.78, 5) is 0.218. The van der Waals surface area contributed by atoms with E-state index < -0.39 is 10.0 Å². The molecule has 1 aromatic heterocycles. The van der Waals surface area contributed by atoms with Gasteiger partial charge in [0.25, 0.3) is 0 Å². The standard InChI is InChI=1S/C20H25N5O2S2/c1-4-24(5-2)29(26,27)18-12-8-11-16(13-18)19-22-23-20(25(19)21)28-14-17-10-7-6-9-15(17)3/h6-13H,4-5,14,21H2,1-3H3. The molecule has 0 atom stereocenters. The maximum absolute atomic E-state index is 12.8. The van der Waals surface area contributed by atoms with Gasteiger partial charge in [0, 0.05) is 24.4 Å². The van der Waals surface area contributed by atoms with Gasteiger partial charge >= 0.3 is 0 Å². The molecule has 3 aromatic rings. The Bertz CT molecular complexity index is 1090. The molecule has 0 saturated heterocycles. The van der Waals surface area contributed by atoms with Crippen molar-refractivity contribution < 1.29 is 8.42 Å². The fourth-order valence-electron chi connectivity index (χ4n) is 2.99. The minimum Gasteiger partial charge on any atom is -0.335 e. The normalized spacial score (nSPS) is 11.9. The number of rotatable bonds is 8. The Balaban J connectivity index is 1.86. The van der Waals surface area contributed by atoms with Crippen molar-refractivity contribution in [3.8, 4) is 11.4 Å². The van der Waals surface area contributed by atoms with Crippen molar-refractivity contribution in [2.75, 3.05) is 18.9 Å². The monoisotopic (exact) mass is 431 g/mol. The second kappa shape index (κ2) is 8.98.